The summed E-state index contributed by atoms with van der Waals surface area (Å²) in [5.41, 5.74) is 3.28. The van der Waals surface area contributed by atoms with Crippen molar-refractivity contribution in [3.8, 4) is 11.3 Å². The van der Waals surface area contributed by atoms with Gasteiger partial charge in [0.25, 0.3) is 0 Å². The van der Waals surface area contributed by atoms with Crippen molar-refractivity contribution in [2.45, 2.75) is 6.92 Å². The van der Waals surface area contributed by atoms with Crippen LogP contribution in [-0.2, 0) is 0 Å². The van der Waals surface area contributed by atoms with Crippen LogP contribution in [0.3, 0.4) is 0 Å². The number of nitrogens with one attached hydrogen (secondary N) is 1. The van der Waals surface area contributed by atoms with Crippen molar-refractivity contribution in [2.75, 3.05) is 11.9 Å². The minimum atomic E-state index is 0.412. The van der Waals surface area contributed by atoms with Gasteiger partial charge in [0.15, 0.2) is 5.65 Å². The Morgan fingerprint density at radius 2 is 2.11 bits per heavy atom. The van der Waals surface area contributed by atoms with E-state index in [9.17, 15) is 0 Å². The third kappa shape index (κ3) is 4.75. The van der Waals surface area contributed by atoms with Gasteiger partial charge in [-0.15, -0.1) is 0 Å². The van der Waals surface area contributed by atoms with E-state index in [4.69, 9.17) is 21.8 Å². The van der Waals surface area contributed by atoms with E-state index >= 15 is 0 Å². The molecule has 0 aliphatic carbocycles. The molecular formula is C19H17BrClN5O. The van der Waals surface area contributed by atoms with Gasteiger partial charge >= 0.3 is 0 Å². The van der Waals surface area contributed by atoms with E-state index in [2.05, 4.69) is 31.5 Å². The molecule has 0 saturated heterocycles. The summed E-state index contributed by atoms with van der Waals surface area (Å²) < 4.78 is 2.52. The molecule has 2 aromatic heterocycles. The van der Waals surface area contributed by atoms with E-state index in [0.29, 0.717) is 17.2 Å². The van der Waals surface area contributed by atoms with Gasteiger partial charge in [-0.3, -0.25) is 0 Å². The van der Waals surface area contributed by atoms with Gasteiger partial charge in [0.05, 0.1) is 22.6 Å². The second kappa shape index (κ2) is 8.83. The first-order valence-electron chi connectivity index (χ1n) is 8.12. The number of aromatic nitrogens is 3. The Morgan fingerprint density at radius 3 is 2.81 bits per heavy atom. The predicted molar refractivity (Wildman–Crippen MR) is 113 cm³/mol. The quantitative estimate of drug-likeness (QED) is 0.239. The van der Waals surface area contributed by atoms with Crippen LogP contribution in [0.5, 0.6) is 0 Å². The summed E-state index contributed by atoms with van der Waals surface area (Å²) in [7, 11) is 0. The SMILES string of the molecule is C\C(Cl)=C/C=C(\C=N\O)CNc1cc(-c2ccccc2)nc2c(Br)cnn12. The first-order valence-corrected chi connectivity index (χ1v) is 9.29. The van der Waals surface area contributed by atoms with Crippen LogP contribution >= 0.6 is 27.5 Å². The van der Waals surface area contributed by atoms with Crippen molar-refractivity contribution >= 4 is 45.2 Å². The molecule has 0 radical (unpaired) electrons. The smallest absolute Gasteiger partial charge is 0.172 e. The largest absolute Gasteiger partial charge is 0.411 e. The molecule has 138 valence electrons. The van der Waals surface area contributed by atoms with Crippen LogP contribution in [-0.4, -0.2) is 32.6 Å². The molecule has 2 N–H and O–H groups in total. The van der Waals surface area contributed by atoms with Crippen LogP contribution in [0.2, 0.25) is 0 Å². The fourth-order valence-electron chi connectivity index (χ4n) is 2.46. The third-order valence-corrected chi connectivity index (χ3v) is 4.41. The van der Waals surface area contributed by atoms with Crippen molar-refractivity contribution in [3.05, 3.63) is 69.8 Å². The van der Waals surface area contributed by atoms with E-state index < -0.39 is 0 Å². The second-order valence-corrected chi connectivity index (χ2v) is 7.16. The number of oxime groups is 1. The summed E-state index contributed by atoms with van der Waals surface area (Å²) in [6, 6.07) is 11.8. The summed E-state index contributed by atoms with van der Waals surface area (Å²) in [4.78, 5) is 4.69. The second-order valence-electron chi connectivity index (χ2n) is 5.71. The number of hydrogen-bond acceptors (Lipinski definition) is 5. The molecule has 0 aliphatic heterocycles. The summed E-state index contributed by atoms with van der Waals surface area (Å²) in [5, 5.41) is 20.3. The maximum atomic E-state index is 8.88. The van der Waals surface area contributed by atoms with Gasteiger partial charge in [-0.2, -0.15) is 9.61 Å². The van der Waals surface area contributed by atoms with Gasteiger partial charge in [0.2, 0.25) is 0 Å². The average Bonchev–Trinajstić information content (AvgIpc) is 3.05. The van der Waals surface area contributed by atoms with Crippen LogP contribution in [0, 0.1) is 0 Å². The Hall–Kier alpha value is -2.64. The highest BCUT2D eigenvalue weighted by atomic mass is 79.9. The van der Waals surface area contributed by atoms with E-state index in [1.54, 1.807) is 29.8 Å². The van der Waals surface area contributed by atoms with Crippen LogP contribution in [0.1, 0.15) is 6.92 Å². The highest BCUT2D eigenvalue weighted by molar-refractivity contribution is 9.10. The lowest BCUT2D eigenvalue weighted by molar-refractivity contribution is 0.321. The molecule has 3 aromatic rings. The summed E-state index contributed by atoms with van der Waals surface area (Å²) in [5.74, 6) is 0.758. The summed E-state index contributed by atoms with van der Waals surface area (Å²) in [6.07, 6.45) is 6.58. The molecule has 0 saturated carbocycles. The van der Waals surface area contributed by atoms with E-state index in [-0.39, 0.29) is 0 Å². The Morgan fingerprint density at radius 1 is 1.33 bits per heavy atom. The molecule has 27 heavy (non-hydrogen) atoms. The minimum Gasteiger partial charge on any atom is -0.411 e. The molecule has 2 heterocycles. The molecule has 0 spiro atoms. The van der Waals surface area contributed by atoms with Gasteiger partial charge in [-0.25, -0.2) is 4.98 Å². The number of nitrogens with zero attached hydrogens (tertiary/aromatic N) is 4. The first kappa shape index (κ1) is 19.1. The lowest BCUT2D eigenvalue weighted by Gasteiger charge is -2.11. The maximum Gasteiger partial charge on any atom is 0.172 e. The van der Waals surface area contributed by atoms with Crippen molar-refractivity contribution in [2.24, 2.45) is 5.16 Å². The predicted octanol–water partition coefficient (Wildman–Crippen LogP) is 5.10. The van der Waals surface area contributed by atoms with Crippen LogP contribution < -0.4 is 5.32 Å². The highest BCUT2D eigenvalue weighted by Crippen LogP contribution is 2.25. The molecule has 0 amide bonds. The van der Waals surface area contributed by atoms with Crippen LogP contribution in [0.4, 0.5) is 5.82 Å². The van der Waals surface area contributed by atoms with Crippen molar-refractivity contribution in [1.82, 2.24) is 14.6 Å². The Labute approximate surface area is 170 Å². The van der Waals surface area contributed by atoms with Gasteiger partial charge in [0, 0.05) is 23.2 Å². The zero-order valence-electron chi connectivity index (χ0n) is 14.5. The first-order chi connectivity index (χ1) is 13.1. The van der Waals surface area contributed by atoms with Gasteiger partial charge < -0.3 is 10.5 Å². The zero-order chi connectivity index (χ0) is 19.2. The summed E-state index contributed by atoms with van der Waals surface area (Å²) >= 11 is 9.36. The lowest BCUT2D eigenvalue weighted by Crippen LogP contribution is -2.10. The molecule has 0 unspecified atom stereocenters. The van der Waals surface area contributed by atoms with E-state index in [1.807, 2.05) is 36.4 Å². The lowest BCUT2D eigenvalue weighted by atomic mass is 10.1. The fraction of sp³-hybridized carbons (Fsp3) is 0.105. The number of anilines is 1. The molecular weight excluding hydrogens is 430 g/mol. The zero-order valence-corrected chi connectivity index (χ0v) is 16.8. The topological polar surface area (TPSA) is 74.8 Å². The minimum absolute atomic E-state index is 0.412. The molecule has 6 nitrogen and oxygen atoms in total. The normalized spacial score (nSPS) is 12.9. The highest BCUT2D eigenvalue weighted by Gasteiger charge is 2.11. The number of hydrogen-bond donors (Lipinski definition) is 2. The maximum absolute atomic E-state index is 8.88. The summed E-state index contributed by atoms with van der Waals surface area (Å²) in [6.45, 7) is 2.19. The number of halogens is 2. The molecule has 1 aromatic carbocycles. The monoisotopic (exact) mass is 445 g/mol. The molecule has 0 fully saturated rings. The molecule has 8 heteroatoms. The van der Waals surface area contributed by atoms with Gasteiger partial charge in [-0.05, 0) is 34.5 Å². The molecule has 0 bridgehead atoms. The van der Waals surface area contributed by atoms with Crippen LogP contribution in [0.25, 0.3) is 16.9 Å². The van der Waals surface area contributed by atoms with Crippen molar-refractivity contribution in [3.63, 3.8) is 0 Å². The molecule has 0 atom stereocenters. The Bertz CT molecular complexity index is 1020. The number of benzene rings is 1. The van der Waals surface area contributed by atoms with Crippen molar-refractivity contribution in [1.29, 1.82) is 0 Å². The molecule has 0 aliphatic rings. The Balaban J connectivity index is 1.98. The standard InChI is InChI=1S/C19H17BrClN5O/c1-13(21)7-8-14(11-24-27)10-22-18-9-17(15-5-3-2-4-6-15)25-19-16(20)12-23-26(18)19/h2-9,11-12,22,27H,10H2,1H3/b13-7+,14-8-,24-11+. The molecule has 3 rings (SSSR count). The van der Waals surface area contributed by atoms with E-state index in [1.165, 1.54) is 6.21 Å². The van der Waals surface area contributed by atoms with Crippen molar-refractivity contribution < 1.29 is 5.21 Å². The number of rotatable bonds is 6. The number of fused-ring (bicyclic) bond motifs is 1. The Kier molecular flexibility index (Phi) is 6.26. The number of allylic oxidation sites excluding steroid dienone is 3. The third-order valence-electron chi connectivity index (χ3n) is 3.72. The van der Waals surface area contributed by atoms with E-state index in [0.717, 1.165) is 27.1 Å². The average molecular weight is 447 g/mol. The fourth-order valence-corrected chi connectivity index (χ4v) is 2.87. The van der Waals surface area contributed by atoms with Gasteiger partial charge in [0.1, 0.15) is 5.82 Å². The van der Waals surface area contributed by atoms with Gasteiger partial charge in [-0.1, -0.05) is 53.2 Å². The van der Waals surface area contributed by atoms with Crippen LogP contribution in [0.15, 0.2) is 75.0 Å².